The maximum absolute atomic E-state index is 5.90. The normalized spacial score (nSPS) is 11.8. The lowest BCUT2D eigenvalue weighted by Gasteiger charge is -2.20. The Balaban J connectivity index is 3.26. The summed E-state index contributed by atoms with van der Waals surface area (Å²) < 4.78 is 7.01. The highest BCUT2D eigenvalue weighted by Crippen LogP contribution is 2.30. The summed E-state index contributed by atoms with van der Waals surface area (Å²) in [7, 11) is 1.60. The van der Waals surface area contributed by atoms with Crippen molar-refractivity contribution in [3.8, 4) is 5.75 Å². The molecule has 74 valence electrons. The van der Waals surface area contributed by atoms with Gasteiger partial charge in [-0.1, -0.05) is 11.6 Å². The third kappa shape index (κ3) is 1.80. The van der Waals surface area contributed by atoms with Gasteiger partial charge in [0.2, 0.25) is 0 Å². The minimum absolute atomic E-state index is 0.0650. The fraction of sp³-hybridized carbons (Fsp3) is 0.667. The summed E-state index contributed by atoms with van der Waals surface area (Å²) in [5.41, 5.74) is 0.893. The van der Waals surface area contributed by atoms with Gasteiger partial charge < -0.3 is 4.74 Å². The highest BCUT2D eigenvalue weighted by Gasteiger charge is 2.21. The van der Waals surface area contributed by atoms with Crippen molar-refractivity contribution in [2.45, 2.75) is 33.2 Å². The summed E-state index contributed by atoms with van der Waals surface area (Å²) in [6, 6.07) is 0. The van der Waals surface area contributed by atoms with E-state index in [1.165, 1.54) is 0 Å². The lowest BCUT2D eigenvalue weighted by atomic mass is 10.1. The molecule has 0 aliphatic carbocycles. The number of aromatic nitrogens is 2. The quantitative estimate of drug-likeness (QED) is 0.700. The molecule has 0 aliphatic rings. The van der Waals surface area contributed by atoms with Crippen molar-refractivity contribution in [3.63, 3.8) is 0 Å². The van der Waals surface area contributed by atoms with Gasteiger partial charge in [-0.05, 0) is 27.7 Å². The van der Waals surface area contributed by atoms with Gasteiger partial charge in [0.15, 0.2) is 10.9 Å². The van der Waals surface area contributed by atoms with Crippen LogP contribution in [0.5, 0.6) is 5.75 Å². The first-order valence-electron chi connectivity index (χ1n) is 4.17. The lowest BCUT2D eigenvalue weighted by molar-refractivity contribution is 0.342. The number of hydrogen-bond acceptors (Lipinski definition) is 2. The van der Waals surface area contributed by atoms with E-state index in [1.807, 2.05) is 11.6 Å². The van der Waals surface area contributed by atoms with Crippen LogP contribution in [0.1, 0.15) is 26.5 Å². The summed E-state index contributed by atoms with van der Waals surface area (Å²) >= 11 is 5.90. The second-order valence-corrected chi connectivity index (χ2v) is 4.35. The van der Waals surface area contributed by atoms with Gasteiger partial charge in [0.05, 0.1) is 18.3 Å². The molecule has 0 radical (unpaired) electrons. The smallest absolute Gasteiger partial charge is 0.193 e. The van der Waals surface area contributed by atoms with E-state index in [9.17, 15) is 0 Å². The third-order valence-electron chi connectivity index (χ3n) is 1.86. The van der Waals surface area contributed by atoms with Crippen LogP contribution >= 0.6 is 11.6 Å². The van der Waals surface area contributed by atoms with Crippen molar-refractivity contribution in [3.05, 3.63) is 10.8 Å². The summed E-state index contributed by atoms with van der Waals surface area (Å²) in [4.78, 5) is 0. The van der Waals surface area contributed by atoms with Crippen LogP contribution in [-0.2, 0) is 5.54 Å². The Morgan fingerprint density at radius 2 is 1.92 bits per heavy atom. The van der Waals surface area contributed by atoms with Gasteiger partial charge in [0.25, 0.3) is 0 Å². The molecule has 1 aromatic rings. The molecule has 0 amide bonds. The minimum Gasteiger partial charge on any atom is -0.492 e. The number of hydrogen-bond donors (Lipinski definition) is 0. The molecule has 0 atom stereocenters. The predicted molar refractivity (Wildman–Crippen MR) is 53.5 cm³/mol. The second-order valence-electron chi connectivity index (χ2n) is 3.99. The van der Waals surface area contributed by atoms with E-state index in [-0.39, 0.29) is 5.54 Å². The maximum Gasteiger partial charge on any atom is 0.193 e. The Labute approximate surface area is 83.6 Å². The van der Waals surface area contributed by atoms with Crippen molar-refractivity contribution in [1.29, 1.82) is 0 Å². The molecular formula is C9H15ClN2O. The van der Waals surface area contributed by atoms with Crippen molar-refractivity contribution in [2.24, 2.45) is 0 Å². The zero-order chi connectivity index (χ0) is 10.2. The van der Waals surface area contributed by atoms with E-state index in [0.29, 0.717) is 10.9 Å². The van der Waals surface area contributed by atoms with Gasteiger partial charge in [-0.25, -0.2) is 0 Å². The number of nitrogens with zero attached hydrogens (tertiary/aromatic N) is 2. The van der Waals surface area contributed by atoms with Crippen molar-refractivity contribution >= 4 is 11.6 Å². The average molecular weight is 203 g/mol. The molecule has 0 saturated heterocycles. The van der Waals surface area contributed by atoms with Crippen LogP contribution in [0.3, 0.4) is 0 Å². The van der Waals surface area contributed by atoms with Gasteiger partial charge in [-0.2, -0.15) is 5.10 Å². The zero-order valence-electron chi connectivity index (χ0n) is 8.68. The fourth-order valence-corrected chi connectivity index (χ4v) is 1.63. The third-order valence-corrected chi connectivity index (χ3v) is 2.11. The van der Waals surface area contributed by atoms with Crippen LogP contribution in [0.15, 0.2) is 0 Å². The van der Waals surface area contributed by atoms with Crippen molar-refractivity contribution in [1.82, 2.24) is 9.78 Å². The molecule has 1 rings (SSSR count). The standard InChI is InChI=1S/C9H15ClN2O/c1-6-7(13-5)8(10)11-12(6)9(2,3)4/h1-5H3. The molecule has 1 aromatic heterocycles. The predicted octanol–water partition coefficient (Wildman–Crippen LogP) is 2.61. The SMILES string of the molecule is COc1c(Cl)nn(C(C)(C)C)c1C. The minimum atomic E-state index is -0.0650. The molecule has 4 heteroatoms. The van der Waals surface area contributed by atoms with Crippen LogP contribution in [0.4, 0.5) is 0 Å². The Bertz CT molecular complexity index is 312. The number of methoxy groups -OCH3 is 1. The van der Waals surface area contributed by atoms with Crippen LogP contribution in [0.25, 0.3) is 0 Å². The van der Waals surface area contributed by atoms with E-state index in [1.54, 1.807) is 7.11 Å². The van der Waals surface area contributed by atoms with Gasteiger partial charge in [-0.15, -0.1) is 0 Å². The molecule has 0 saturated carbocycles. The summed E-state index contributed by atoms with van der Waals surface area (Å²) in [6.45, 7) is 8.16. The largest absolute Gasteiger partial charge is 0.492 e. The number of ether oxygens (including phenoxy) is 1. The van der Waals surface area contributed by atoms with Crippen molar-refractivity contribution < 1.29 is 4.74 Å². The molecule has 1 heterocycles. The lowest BCUT2D eigenvalue weighted by Crippen LogP contribution is -2.24. The number of rotatable bonds is 1. The molecule has 0 spiro atoms. The Morgan fingerprint density at radius 3 is 2.15 bits per heavy atom. The Hall–Kier alpha value is -0.700. The van der Waals surface area contributed by atoms with E-state index >= 15 is 0 Å². The molecule has 0 unspecified atom stereocenters. The highest BCUT2D eigenvalue weighted by molar-refractivity contribution is 6.30. The summed E-state index contributed by atoms with van der Waals surface area (Å²) in [6.07, 6.45) is 0. The van der Waals surface area contributed by atoms with Crippen molar-refractivity contribution in [2.75, 3.05) is 7.11 Å². The number of halogens is 1. The van der Waals surface area contributed by atoms with Gasteiger partial charge >= 0.3 is 0 Å². The molecule has 0 N–H and O–H groups in total. The average Bonchev–Trinajstić information content (AvgIpc) is 2.25. The Kier molecular flexibility index (Phi) is 2.57. The molecule has 13 heavy (non-hydrogen) atoms. The zero-order valence-corrected chi connectivity index (χ0v) is 9.44. The molecule has 0 aromatic carbocycles. The fourth-order valence-electron chi connectivity index (χ4n) is 1.34. The topological polar surface area (TPSA) is 27.1 Å². The van der Waals surface area contributed by atoms with Gasteiger partial charge in [0.1, 0.15) is 0 Å². The second kappa shape index (κ2) is 3.22. The molecule has 0 bridgehead atoms. The molecule has 0 fully saturated rings. The van der Waals surface area contributed by atoms with Crippen LogP contribution < -0.4 is 4.74 Å². The highest BCUT2D eigenvalue weighted by atomic mass is 35.5. The first-order chi connectivity index (χ1) is 5.88. The molecule has 3 nitrogen and oxygen atoms in total. The van der Waals surface area contributed by atoms with E-state index < -0.39 is 0 Å². The Morgan fingerprint density at radius 1 is 1.38 bits per heavy atom. The summed E-state index contributed by atoms with van der Waals surface area (Å²) in [5.74, 6) is 0.664. The van der Waals surface area contributed by atoms with E-state index in [0.717, 1.165) is 5.69 Å². The van der Waals surface area contributed by atoms with E-state index in [4.69, 9.17) is 16.3 Å². The van der Waals surface area contributed by atoms with Gasteiger partial charge in [0, 0.05) is 0 Å². The van der Waals surface area contributed by atoms with E-state index in [2.05, 4.69) is 25.9 Å². The maximum atomic E-state index is 5.90. The summed E-state index contributed by atoms with van der Waals surface area (Å²) in [5, 5.41) is 4.64. The molecule has 0 aliphatic heterocycles. The van der Waals surface area contributed by atoms with Crippen LogP contribution in [-0.4, -0.2) is 16.9 Å². The van der Waals surface area contributed by atoms with Crippen LogP contribution in [0.2, 0.25) is 5.15 Å². The monoisotopic (exact) mass is 202 g/mol. The molecular weight excluding hydrogens is 188 g/mol. The first kappa shape index (κ1) is 10.4. The first-order valence-corrected chi connectivity index (χ1v) is 4.55. The van der Waals surface area contributed by atoms with Crippen LogP contribution in [0, 0.1) is 6.92 Å². The van der Waals surface area contributed by atoms with Gasteiger partial charge in [-0.3, -0.25) is 4.68 Å².